The van der Waals surface area contributed by atoms with Gasteiger partial charge >= 0.3 is 0 Å². The number of rotatable bonds is 4. The highest BCUT2D eigenvalue weighted by Crippen LogP contribution is 2.36. The van der Waals surface area contributed by atoms with E-state index in [9.17, 15) is 0 Å². The first-order valence-electron chi connectivity index (χ1n) is 6.46. The van der Waals surface area contributed by atoms with Gasteiger partial charge in [0, 0.05) is 17.3 Å². The van der Waals surface area contributed by atoms with Crippen molar-refractivity contribution in [2.75, 3.05) is 6.26 Å². The van der Waals surface area contributed by atoms with E-state index in [1.807, 2.05) is 23.9 Å². The molecule has 1 N–H and O–H groups in total. The molecule has 0 amide bonds. The van der Waals surface area contributed by atoms with E-state index in [1.165, 1.54) is 19.3 Å². The van der Waals surface area contributed by atoms with E-state index < -0.39 is 0 Å². The van der Waals surface area contributed by atoms with Crippen LogP contribution < -0.4 is 5.32 Å². The minimum absolute atomic E-state index is 0.181. The van der Waals surface area contributed by atoms with E-state index in [0.29, 0.717) is 26.4 Å². The second-order valence-corrected chi connectivity index (χ2v) is 7.20. The lowest BCUT2D eigenvalue weighted by atomic mass is 10.1. The van der Waals surface area contributed by atoms with Crippen molar-refractivity contribution in [3.8, 4) is 0 Å². The third-order valence-corrected chi connectivity index (χ3v) is 6.23. The van der Waals surface area contributed by atoms with Gasteiger partial charge in [-0.05, 0) is 37.7 Å². The molecule has 1 saturated carbocycles. The molecule has 0 heterocycles. The average Bonchev–Trinajstić information content (AvgIpc) is 2.83. The molecule has 19 heavy (non-hydrogen) atoms. The Kier molecular flexibility index (Phi) is 5.74. The molecule has 1 aromatic rings. The zero-order valence-electron chi connectivity index (χ0n) is 11.1. The van der Waals surface area contributed by atoms with Gasteiger partial charge in [-0.3, -0.25) is 0 Å². The highest BCUT2D eigenvalue weighted by molar-refractivity contribution is 7.99. The molecule has 3 atom stereocenters. The fourth-order valence-electron chi connectivity index (χ4n) is 2.68. The predicted molar refractivity (Wildman–Crippen MR) is 88.0 cm³/mol. The van der Waals surface area contributed by atoms with Crippen LogP contribution in [0.1, 0.15) is 37.8 Å². The number of halogens is 3. The fraction of sp³-hybridized carbons (Fsp3) is 0.571. The minimum Gasteiger partial charge on any atom is -0.306 e. The topological polar surface area (TPSA) is 12.0 Å². The highest BCUT2D eigenvalue weighted by Gasteiger charge is 2.28. The zero-order chi connectivity index (χ0) is 14.0. The van der Waals surface area contributed by atoms with Crippen molar-refractivity contribution >= 4 is 46.6 Å². The Morgan fingerprint density at radius 3 is 2.63 bits per heavy atom. The molecular weight excluding hydrogens is 321 g/mol. The van der Waals surface area contributed by atoms with E-state index in [0.717, 1.165) is 5.56 Å². The van der Waals surface area contributed by atoms with Crippen LogP contribution in [0, 0.1) is 0 Å². The highest BCUT2D eigenvalue weighted by atomic mass is 35.5. The van der Waals surface area contributed by atoms with Gasteiger partial charge in [0.2, 0.25) is 0 Å². The summed E-state index contributed by atoms with van der Waals surface area (Å²) in [6.07, 6.45) is 6.00. The summed E-state index contributed by atoms with van der Waals surface area (Å²) in [6.45, 7) is 2.13. The van der Waals surface area contributed by atoms with Crippen LogP contribution in [0.3, 0.4) is 0 Å². The Morgan fingerprint density at radius 1 is 1.21 bits per heavy atom. The van der Waals surface area contributed by atoms with Gasteiger partial charge in [0.15, 0.2) is 0 Å². The minimum atomic E-state index is 0.181. The van der Waals surface area contributed by atoms with Crippen molar-refractivity contribution in [1.29, 1.82) is 0 Å². The summed E-state index contributed by atoms with van der Waals surface area (Å²) in [5.74, 6) is 0. The van der Waals surface area contributed by atoms with Gasteiger partial charge in [-0.2, -0.15) is 11.8 Å². The summed E-state index contributed by atoms with van der Waals surface area (Å²) in [5.41, 5.74) is 1.02. The smallest absolute Gasteiger partial charge is 0.0781 e. The van der Waals surface area contributed by atoms with Gasteiger partial charge in [0.1, 0.15) is 0 Å². The fourth-order valence-corrected chi connectivity index (χ4v) is 4.34. The molecule has 0 radical (unpaired) electrons. The molecule has 0 bridgehead atoms. The number of thioether (sulfide) groups is 1. The molecule has 1 aliphatic carbocycles. The second-order valence-electron chi connectivity index (χ2n) is 4.96. The summed E-state index contributed by atoms with van der Waals surface area (Å²) < 4.78 is 0. The summed E-state index contributed by atoms with van der Waals surface area (Å²) in [7, 11) is 0. The van der Waals surface area contributed by atoms with Crippen LogP contribution in [0.15, 0.2) is 12.1 Å². The Balaban J connectivity index is 2.12. The van der Waals surface area contributed by atoms with Gasteiger partial charge in [0.05, 0.1) is 15.1 Å². The summed E-state index contributed by atoms with van der Waals surface area (Å²) in [5, 5.41) is 5.89. The molecule has 1 aliphatic rings. The van der Waals surface area contributed by atoms with Gasteiger partial charge in [0.25, 0.3) is 0 Å². The quantitative estimate of drug-likeness (QED) is 0.719. The third-order valence-electron chi connectivity index (χ3n) is 3.75. The van der Waals surface area contributed by atoms with E-state index in [2.05, 4.69) is 18.5 Å². The second kappa shape index (κ2) is 6.91. The first-order chi connectivity index (χ1) is 9.04. The summed E-state index contributed by atoms with van der Waals surface area (Å²) in [6, 6.07) is 4.50. The lowest BCUT2D eigenvalue weighted by molar-refractivity contribution is 0.467. The van der Waals surface area contributed by atoms with Gasteiger partial charge < -0.3 is 5.32 Å². The van der Waals surface area contributed by atoms with Crippen LogP contribution in [-0.4, -0.2) is 17.5 Å². The summed E-state index contributed by atoms with van der Waals surface area (Å²) in [4.78, 5) is 0. The zero-order valence-corrected chi connectivity index (χ0v) is 14.1. The van der Waals surface area contributed by atoms with Gasteiger partial charge in [-0.25, -0.2) is 0 Å². The maximum atomic E-state index is 6.29. The molecule has 0 saturated heterocycles. The van der Waals surface area contributed by atoms with Crippen LogP contribution in [-0.2, 0) is 0 Å². The monoisotopic (exact) mass is 337 g/mol. The Hall–Kier alpha value is 0.400. The molecule has 0 aliphatic heterocycles. The van der Waals surface area contributed by atoms with Crippen LogP contribution >= 0.6 is 46.6 Å². The number of hydrogen-bond donors (Lipinski definition) is 1. The lowest BCUT2D eigenvalue weighted by Crippen LogP contribution is -2.35. The summed E-state index contributed by atoms with van der Waals surface area (Å²) >= 11 is 20.3. The van der Waals surface area contributed by atoms with Crippen molar-refractivity contribution in [3.63, 3.8) is 0 Å². The van der Waals surface area contributed by atoms with Crippen molar-refractivity contribution in [3.05, 3.63) is 32.8 Å². The first-order valence-corrected chi connectivity index (χ1v) is 8.89. The molecule has 106 valence electrons. The van der Waals surface area contributed by atoms with E-state index in [1.54, 1.807) is 0 Å². The van der Waals surface area contributed by atoms with Crippen molar-refractivity contribution in [2.24, 2.45) is 0 Å². The molecule has 1 fully saturated rings. The molecule has 1 nitrogen and oxygen atoms in total. The van der Waals surface area contributed by atoms with Crippen LogP contribution in [0.4, 0.5) is 0 Å². The van der Waals surface area contributed by atoms with Crippen LogP contribution in [0.25, 0.3) is 0 Å². The van der Waals surface area contributed by atoms with Crippen molar-refractivity contribution in [2.45, 2.75) is 43.5 Å². The largest absolute Gasteiger partial charge is 0.306 e. The number of hydrogen-bond acceptors (Lipinski definition) is 2. The first kappa shape index (κ1) is 15.8. The van der Waals surface area contributed by atoms with Crippen LogP contribution in [0.2, 0.25) is 15.1 Å². The third kappa shape index (κ3) is 3.54. The van der Waals surface area contributed by atoms with Crippen LogP contribution in [0.5, 0.6) is 0 Å². The maximum Gasteiger partial charge on any atom is 0.0781 e. The average molecular weight is 339 g/mol. The Labute approximate surface area is 134 Å². The lowest BCUT2D eigenvalue weighted by Gasteiger charge is -2.25. The Morgan fingerprint density at radius 2 is 1.95 bits per heavy atom. The van der Waals surface area contributed by atoms with E-state index in [-0.39, 0.29) is 6.04 Å². The van der Waals surface area contributed by atoms with Crippen molar-refractivity contribution in [1.82, 2.24) is 5.32 Å². The van der Waals surface area contributed by atoms with Gasteiger partial charge in [-0.15, -0.1) is 0 Å². The van der Waals surface area contributed by atoms with E-state index >= 15 is 0 Å². The molecule has 1 aromatic carbocycles. The molecule has 5 heteroatoms. The standard InChI is InChI=1S/C14H18Cl3NS/c1-8(18-11-4-3-5-12(11)19-2)9-6-7-10(15)14(17)13(9)16/h6-8,11-12,18H,3-5H2,1-2H3. The van der Waals surface area contributed by atoms with Crippen molar-refractivity contribution < 1.29 is 0 Å². The molecule has 3 unspecified atom stereocenters. The molecular formula is C14H18Cl3NS. The Bertz CT molecular complexity index is 453. The predicted octanol–water partition coefficient (Wildman–Crippen LogP) is 5.58. The molecule has 0 spiro atoms. The SMILES string of the molecule is CSC1CCCC1NC(C)c1ccc(Cl)c(Cl)c1Cl. The normalized spacial score (nSPS) is 24.7. The molecule has 2 rings (SSSR count). The molecule has 0 aromatic heterocycles. The van der Waals surface area contributed by atoms with E-state index in [4.69, 9.17) is 34.8 Å². The maximum absolute atomic E-state index is 6.29. The van der Waals surface area contributed by atoms with Gasteiger partial charge in [-0.1, -0.05) is 47.3 Å². The number of nitrogens with one attached hydrogen (secondary N) is 1. The number of benzene rings is 1.